The number of phenolic OH excluding ortho intramolecular Hbond substituents is 1. The van der Waals surface area contributed by atoms with Gasteiger partial charge in [0.05, 0.1) is 28.3 Å². The smallest absolute Gasteiger partial charge is 0.403 e. The van der Waals surface area contributed by atoms with E-state index >= 15 is 0 Å². The molecule has 0 radical (unpaired) electrons. The minimum absolute atomic E-state index is 0.0448. The maximum Gasteiger partial charge on any atom is 0.403 e. The van der Waals surface area contributed by atoms with Crippen molar-refractivity contribution in [3.05, 3.63) is 39.7 Å². The van der Waals surface area contributed by atoms with E-state index in [0.29, 0.717) is 5.69 Å². The van der Waals surface area contributed by atoms with Gasteiger partial charge in [-0.15, -0.1) is 0 Å². The number of hydrogen-bond acceptors (Lipinski definition) is 12. The summed E-state index contributed by atoms with van der Waals surface area (Å²) < 4.78 is 40.2. The number of halogens is 3. The number of rotatable bonds is 7. The molecule has 1 aromatic carbocycles. The van der Waals surface area contributed by atoms with Crippen LogP contribution in [0.3, 0.4) is 0 Å². The van der Waals surface area contributed by atoms with Crippen LogP contribution in [0.25, 0.3) is 5.76 Å². The predicted octanol–water partition coefficient (Wildman–Crippen LogP) is -0.377. The van der Waals surface area contributed by atoms with E-state index in [2.05, 4.69) is 5.32 Å². The van der Waals surface area contributed by atoms with Gasteiger partial charge in [-0.1, -0.05) is 6.92 Å². The van der Waals surface area contributed by atoms with Crippen LogP contribution < -0.4 is 27.4 Å². The van der Waals surface area contributed by atoms with Crippen LogP contribution >= 0.6 is 0 Å². The summed E-state index contributed by atoms with van der Waals surface area (Å²) in [5.74, 6) is -6.88. The predicted molar refractivity (Wildman–Crippen MR) is 152 cm³/mol. The number of amides is 1. The number of aliphatic hydroxyl groups is 3. The largest absolute Gasteiger partial charge is 0.508 e. The molecule has 2 unspecified atom stereocenters. The summed E-state index contributed by atoms with van der Waals surface area (Å²) >= 11 is 0. The average Bonchev–Trinajstić information content (AvgIpc) is 2.86. The molecule has 44 heavy (non-hydrogen) atoms. The van der Waals surface area contributed by atoms with E-state index in [1.165, 1.54) is 32.0 Å². The van der Waals surface area contributed by atoms with Gasteiger partial charge in [-0.05, 0) is 45.0 Å². The number of primary amides is 1. The first-order valence-corrected chi connectivity index (χ1v) is 13.7. The highest BCUT2D eigenvalue weighted by Gasteiger charge is 2.73. The summed E-state index contributed by atoms with van der Waals surface area (Å²) in [6.45, 7) is 0.862. The molecule has 5 atom stereocenters. The Morgan fingerprint density at radius 3 is 2.23 bits per heavy atom. The van der Waals surface area contributed by atoms with Crippen LogP contribution in [-0.4, -0.2) is 106 Å². The van der Waals surface area contributed by atoms with Crippen LogP contribution in [0.1, 0.15) is 36.5 Å². The van der Waals surface area contributed by atoms with Crippen molar-refractivity contribution in [2.45, 2.75) is 67.7 Å². The van der Waals surface area contributed by atoms with E-state index < -0.39 is 93.8 Å². The van der Waals surface area contributed by atoms with Gasteiger partial charge in [0.1, 0.15) is 23.1 Å². The standard InChI is InChI=1S/C28H37F3N6O7/c1-6-14(28(29,30)31)35-9-11-7-13(36(2)3)12-8-25(33)10-26(34)21(37(4)5)20(40)16(24(32)43)22(41)27(26,44)23(42)17(25)19(39)15(12)18(11)38/h7,14,21,35,38-39,41,44H,6,8-10,33-34H2,1-5H3,(H2,32,43)/t14?,21?,25-,26-,27-/m1/s1. The SMILES string of the molecule is CCC(NCc1cc(N(C)C)c2c(c1O)C(O)=C1C(=O)[C@]3(O)C(O)=C(C(N)=O)C(=O)C(N(C)C)[C@]3(N)C[C@]1(N)C2)C(F)(F)F. The zero-order valence-corrected chi connectivity index (χ0v) is 24.8. The molecule has 11 N–H and O–H groups in total. The summed E-state index contributed by atoms with van der Waals surface area (Å²) in [6.07, 6.45) is -5.75. The number of hydrogen-bond donors (Lipinski definition) is 8. The molecule has 0 aromatic heterocycles. The summed E-state index contributed by atoms with van der Waals surface area (Å²) in [4.78, 5) is 42.7. The van der Waals surface area contributed by atoms with E-state index in [-0.39, 0.29) is 29.5 Å². The molecule has 0 spiro atoms. The number of likely N-dealkylation sites (N-methyl/N-ethyl adjacent to an activating group) is 1. The van der Waals surface area contributed by atoms with E-state index in [9.17, 15) is 48.0 Å². The van der Waals surface area contributed by atoms with Gasteiger partial charge in [-0.2, -0.15) is 13.2 Å². The number of nitrogens with two attached hydrogens (primary N) is 3. The third-order valence-corrected chi connectivity index (χ3v) is 8.91. The fraction of sp³-hybridized carbons (Fsp3) is 0.536. The van der Waals surface area contributed by atoms with Crippen LogP contribution in [-0.2, 0) is 27.3 Å². The number of benzene rings is 1. The second-order valence-corrected chi connectivity index (χ2v) is 12.2. The highest BCUT2D eigenvalue weighted by Crippen LogP contribution is 2.55. The van der Waals surface area contributed by atoms with Gasteiger partial charge in [0.15, 0.2) is 11.5 Å². The Morgan fingerprint density at radius 2 is 1.75 bits per heavy atom. The Balaban J connectivity index is 2.00. The molecule has 1 saturated carbocycles. The molecule has 0 aliphatic heterocycles. The normalized spacial score (nSPS) is 29.4. The maximum absolute atomic E-state index is 14.2. The Bertz CT molecular complexity index is 1520. The number of phenols is 1. The van der Waals surface area contributed by atoms with Crippen LogP contribution in [0.2, 0.25) is 0 Å². The first-order chi connectivity index (χ1) is 20.1. The van der Waals surface area contributed by atoms with Gasteiger partial charge >= 0.3 is 6.18 Å². The molecule has 242 valence electrons. The van der Waals surface area contributed by atoms with E-state index in [1.54, 1.807) is 19.0 Å². The number of carbonyl (C=O) groups is 3. The zero-order chi connectivity index (χ0) is 33.5. The minimum Gasteiger partial charge on any atom is -0.508 e. The lowest BCUT2D eigenvalue weighted by molar-refractivity contribution is -0.158. The number of alkyl halides is 3. The van der Waals surface area contributed by atoms with Crippen LogP contribution in [0.5, 0.6) is 5.75 Å². The van der Waals surface area contributed by atoms with Crippen molar-refractivity contribution in [2.75, 3.05) is 33.1 Å². The number of nitrogens with zero attached hydrogens (tertiary/aromatic N) is 2. The number of anilines is 1. The van der Waals surface area contributed by atoms with Crippen molar-refractivity contribution < 1.29 is 48.0 Å². The van der Waals surface area contributed by atoms with E-state index in [0.717, 1.165) is 0 Å². The Hall–Kier alpha value is -3.70. The van der Waals surface area contributed by atoms with Gasteiger partial charge in [0.2, 0.25) is 11.4 Å². The lowest BCUT2D eigenvalue weighted by Gasteiger charge is -2.59. The van der Waals surface area contributed by atoms with Gasteiger partial charge < -0.3 is 47.8 Å². The third kappa shape index (κ3) is 4.46. The van der Waals surface area contributed by atoms with Crippen LogP contribution in [0.15, 0.2) is 23.0 Å². The lowest BCUT2D eigenvalue weighted by atomic mass is 9.51. The molecule has 0 bridgehead atoms. The van der Waals surface area contributed by atoms with E-state index in [4.69, 9.17) is 17.2 Å². The highest BCUT2D eigenvalue weighted by atomic mass is 19.4. The van der Waals surface area contributed by atoms with Gasteiger partial charge in [-0.25, -0.2) is 0 Å². The van der Waals surface area contributed by atoms with Crippen molar-refractivity contribution in [2.24, 2.45) is 17.2 Å². The Labute approximate surface area is 250 Å². The highest BCUT2D eigenvalue weighted by molar-refractivity contribution is 6.25. The van der Waals surface area contributed by atoms with Crippen molar-refractivity contribution in [3.8, 4) is 5.75 Å². The van der Waals surface area contributed by atoms with Gasteiger partial charge in [-0.3, -0.25) is 19.3 Å². The molecule has 3 aliphatic rings. The quantitative estimate of drug-likeness (QED) is 0.181. The third-order valence-electron chi connectivity index (χ3n) is 8.91. The molecule has 3 aliphatic carbocycles. The zero-order valence-electron chi connectivity index (χ0n) is 24.8. The number of carbonyl (C=O) groups excluding carboxylic acids is 3. The van der Waals surface area contributed by atoms with Crippen molar-refractivity contribution in [1.29, 1.82) is 0 Å². The average molecular weight is 627 g/mol. The molecule has 0 heterocycles. The molecule has 1 amide bonds. The number of Topliss-reactive ketones (excluding diaryl/α,β-unsaturated/α-hetero) is 2. The minimum atomic E-state index is -4.57. The number of ketones is 2. The Morgan fingerprint density at radius 1 is 1.16 bits per heavy atom. The number of aliphatic hydroxyl groups excluding tert-OH is 2. The number of fused-ring (bicyclic) bond motifs is 3. The fourth-order valence-corrected chi connectivity index (χ4v) is 6.96. The molecule has 16 heteroatoms. The van der Waals surface area contributed by atoms with Crippen molar-refractivity contribution >= 4 is 28.9 Å². The first kappa shape index (κ1) is 33.2. The second-order valence-electron chi connectivity index (χ2n) is 12.2. The molecular formula is C28H37F3N6O7. The van der Waals surface area contributed by atoms with Crippen LogP contribution in [0.4, 0.5) is 18.9 Å². The van der Waals surface area contributed by atoms with Gasteiger partial charge in [0.25, 0.3) is 5.91 Å². The summed E-state index contributed by atoms with van der Waals surface area (Å²) in [7, 11) is 6.01. The number of aromatic hydroxyl groups is 1. The Kier molecular flexibility index (Phi) is 7.88. The van der Waals surface area contributed by atoms with Gasteiger partial charge in [0, 0.05) is 31.9 Å². The lowest BCUT2D eigenvalue weighted by Crippen LogP contribution is -2.83. The van der Waals surface area contributed by atoms with Crippen molar-refractivity contribution in [1.82, 2.24) is 10.2 Å². The molecule has 4 rings (SSSR count). The molecule has 1 aromatic rings. The van der Waals surface area contributed by atoms with Crippen LogP contribution in [0, 0.1) is 0 Å². The topological polar surface area (TPSA) is 229 Å². The summed E-state index contributed by atoms with van der Waals surface area (Å²) in [5.41, 5.74) is 9.86. The fourth-order valence-electron chi connectivity index (χ4n) is 6.96. The summed E-state index contributed by atoms with van der Waals surface area (Å²) in [5, 5.41) is 48.2. The second kappa shape index (κ2) is 10.4. The molecule has 13 nitrogen and oxygen atoms in total. The summed E-state index contributed by atoms with van der Waals surface area (Å²) in [6, 6.07) is -2.06. The molecular weight excluding hydrogens is 589 g/mol. The maximum atomic E-state index is 14.2. The molecule has 0 saturated heterocycles. The monoisotopic (exact) mass is 626 g/mol. The first-order valence-electron chi connectivity index (χ1n) is 13.7. The molecule has 1 fully saturated rings. The number of nitrogens with one attached hydrogen (secondary N) is 1. The van der Waals surface area contributed by atoms with E-state index in [1.807, 2.05) is 0 Å². The van der Waals surface area contributed by atoms with Crippen molar-refractivity contribution in [3.63, 3.8) is 0 Å².